The van der Waals surface area contributed by atoms with Crippen LogP contribution >= 0.6 is 0 Å². The minimum absolute atomic E-state index is 0.701. The van der Waals surface area contributed by atoms with Gasteiger partial charge in [-0.2, -0.15) is 0 Å². The SMILES string of the molecule is CCN(CCc1ccccn1)C(C)(C)C(=O)O. The summed E-state index contributed by atoms with van der Waals surface area (Å²) in [6.07, 6.45) is 2.53. The van der Waals surface area contributed by atoms with Gasteiger partial charge in [0.25, 0.3) is 0 Å². The standard InChI is InChI=1S/C13H20N2O2/c1-4-15(13(2,3)12(16)17)10-8-11-7-5-6-9-14-11/h5-7,9H,4,8,10H2,1-3H3,(H,16,17). The maximum absolute atomic E-state index is 11.2. The van der Waals surface area contributed by atoms with Gasteiger partial charge in [0.05, 0.1) is 0 Å². The molecule has 0 spiro atoms. The van der Waals surface area contributed by atoms with E-state index in [0.717, 1.165) is 12.1 Å². The summed E-state index contributed by atoms with van der Waals surface area (Å²) in [5, 5.41) is 9.18. The molecule has 0 aliphatic heterocycles. The summed E-state index contributed by atoms with van der Waals surface area (Å²) in [5.74, 6) is -0.791. The number of hydrogen-bond acceptors (Lipinski definition) is 3. The van der Waals surface area contributed by atoms with Gasteiger partial charge in [-0.3, -0.25) is 14.7 Å². The topological polar surface area (TPSA) is 53.4 Å². The minimum atomic E-state index is -0.830. The molecule has 0 bridgehead atoms. The molecule has 1 heterocycles. The van der Waals surface area contributed by atoms with E-state index in [1.165, 1.54) is 0 Å². The van der Waals surface area contributed by atoms with Gasteiger partial charge in [0.15, 0.2) is 0 Å². The second-order valence-electron chi connectivity index (χ2n) is 4.51. The molecule has 4 nitrogen and oxygen atoms in total. The van der Waals surface area contributed by atoms with E-state index in [2.05, 4.69) is 4.98 Å². The summed E-state index contributed by atoms with van der Waals surface area (Å²) in [5.41, 5.74) is 0.163. The van der Waals surface area contributed by atoms with E-state index in [9.17, 15) is 9.90 Å². The van der Waals surface area contributed by atoms with Gasteiger partial charge in [0.1, 0.15) is 5.54 Å². The second kappa shape index (κ2) is 5.77. The summed E-state index contributed by atoms with van der Waals surface area (Å²) in [7, 11) is 0. The number of carbonyl (C=O) groups is 1. The molecule has 4 heteroatoms. The molecule has 0 fully saturated rings. The highest BCUT2D eigenvalue weighted by molar-refractivity contribution is 5.77. The molecular weight excluding hydrogens is 216 g/mol. The van der Waals surface area contributed by atoms with Crippen molar-refractivity contribution in [3.05, 3.63) is 30.1 Å². The molecule has 0 radical (unpaired) electrons. The molecule has 0 saturated carbocycles. The highest BCUT2D eigenvalue weighted by Crippen LogP contribution is 2.14. The Morgan fingerprint density at radius 3 is 2.65 bits per heavy atom. The monoisotopic (exact) mass is 236 g/mol. The van der Waals surface area contributed by atoms with Crippen molar-refractivity contribution in [3.63, 3.8) is 0 Å². The average Bonchev–Trinajstić information content (AvgIpc) is 2.30. The van der Waals surface area contributed by atoms with E-state index in [1.54, 1.807) is 20.0 Å². The first-order valence-corrected chi connectivity index (χ1v) is 5.86. The number of hydrogen-bond donors (Lipinski definition) is 1. The highest BCUT2D eigenvalue weighted by atomic mass is 16.4. The van der Waals surface area contributed by atoms with E-state index in [4.69, 9.17) is 0 Å². The summed E-state index contributed by atoms with van der Waals surface area (Å²) in [4.78, 5) is 17.4. The van der Waals surface area contributed by atoms with Crippen molar-refractivity contribution in [2.45, 2.75) is 32.7 Å². The van der Waals surface area contributed by atoms with Crippen LogP contribution in [0.3, 0.4) is 0 Å². The number of aliphatic carboxylic acids is 1. The lowest BCUT2D eigenvalue weighted by molar-refractivity contribution is -0.149. The molecule has 0 atom stereocenters. The normalized spacial score (nSPS) is 11.8. The number of likely N-dealkylation sites (N-methyl/N-ethyl adjacent to an activating group) is 1. The molecule has 1 aromatic heterocycles. The van der Waals surface area contributed by atoms with Crippen molar-refractivity contribution in [2.24, 2.45) is 0 Å². The fourth-order valence-corrected chi connectivity index (χ4v) is 1.76. The fraction of sp³-hybridized carbons (Fsp3) is 0.538. The lowest BCUT2D eigenvalue weighted by Gasteiger charge is -2.34. The molecule has 1 aromatic rings. The quantitative estimate of drug-likeness (QED) is 0.818. The molecule has 0 aromatic carbocycles. The van der Waals surface area contributed by atoms with Crippen molar-refractivity contribution in [3.8, 4) is 0 Å². The number of carboxylic acid groups (broad SMARTS) is 1. The predicted octanol–water partition coefficient (Wildman–Crippen LogP) is 1.81. The lowest BCUT2D eigenvalue weighted by Crippen LogP contribution is -2.50. The van der Waals surface area contributed by atoms with Crippen molar-refractivity contribution < 1.29 is 9.90 Å². The lowest BCUT2D eigenvalue weighted by atomic mass is 10.0. The number of aromatic nitrogens is 1. The van der Waals surface area contributed by atoms with Crippen molar-refractivity contribution in [2.75, 3.05) is 13.1 Å². The average molecular weight is 236 g/mol. The third kappa shape index (κ3) is 3.53. The largest absolute Gasteiger partial charge is 0.480 e. The molecule has 0 saturated heterocycles. The van der Waals surface area contributed by atoms with Gasteiger partial charge in [-0.1, -0.05) is 13.0 Å². The minimum Gasteiger partial charge on any atom is -0.480 e. The van der Waals surface area contributed by atoms with Crippen molar-refractivity contribution >= 4 is 5.97 Å². The maximum Gasteiger partial charge on any atom is 0.323 e. The van der Waals surface area contributed by atoms with Crippen LogP contribution in [-0.2, 0) is 11.2 Å². The number of nitrogens with zero attached hydrogens (tertiary/aromatic N) is 2. The fourth-order valence-electron chi connectivity index (χ4n) is 1.76. The molecule has 0 amide bonds. The van der Waals surface area contributed by atoms with E-state index in [0.29, 0.717) is 13.1 Å². The Bertz CT molecular complexity index is 363. The van der Waals surface area contributed by atoms with E-state index >= 15 is 0 Å². The Morgan fingerprint density at radius 1 is 1.47 bits per heavy atom. The third-order valence-electron chi connectivity index (χ3n) is 3.06. The van der Waals surface area contributed by atoms with Crippen molar-refractivity contribution in [1.29, 1.82) is 0 Å². The zero-order chi connectivity index (χ0) is 12.9. The maximum atomic E-state index is 11.2. The smallest absolute Gasteiger partial charge is 0.323 e. The summed E-state index contributed by atoms with van der Waals surface area (Å²) >= 11 is 0. The first-order valence-electron chi connectivity index (χ1n) is 5.86. The van der Waals surface area contributed by atoms with E-state index < -0.39 is 11.5 Å². The van der Waals surface area contributed by atoms with Gasteiger partial charge >= 0.3 is 5.97 Å². The van der Waals surface area contributed by atoms with E-state index in [1.807, 2.05) is 30.0 Å². The molecule has 1 rings (SSSR count). The molecule has 0 unspecified atom stereocenters. The van der Waals surface area contributed by atoms with Crippen molar-refractivity contribution in [1.82, 2.24) is 9.88 Å². The Kier molecular flexibility index (Phi) is 4.63. The third-order valence-corrected chi connectivity index (χ3v) is 3.06. The van der Waals surface area contributed by atoms with Crippen LogP contribution in [-0.4, -0.2) is 39.6 Å². The highest BCUT2D eigenvalue weighted by Gasteiger charge is 2.33. The Labute approximate surface area is 102 Å². The molecule has 1 N–H and O–H groups in total. The zero-order valence-electron chi connectivity index (χ0n) is 10.7. The number of rotatable bonds is 6. The van der Waals surface area contributed by atoms with Crippen LogP contribution in [0.15, 0.2) is 24.4 Å². The van der Waals surface area contributed by atoms with E-state index in [-0.39, 0.29) is 0 Å². The van der Waals surface area contributed by atoms with Gasteiger partial charge in [0, 0.05) is 24.9 Å². The molecule has 0 aliphatic carbocycles. The van der Waals surface area contributed by atoms with Crippen LogP contribution in [0.4, 0.5) is 0 Å². The number of pyridine rings is 1. The van der Waals surface area contributed by atoms with Gasteiger partial charge in [-0.05, 0) is 32.5 Å². The molecular formula is C13H20N2O2. The summed E-state index contributed by atoms with van der Waals surface area (Å²) in [6.45, 7) is 6.86. The summed E-state index contributed by atoms with van der Waals surface area (Å²) in [6, 6.07) is 5.78. The second-order valence-corrected chi connectivity index (χ2v) is 4.51. The molecule has 0 aliphatic rings. The first kappa shape index (κ1) is 13.6. The summed E-state index contributed by atoms with van der Waals surface area (Å²) < 4.78 is 0. The van der Waals surface area contributed by atoms with Gasteiger partial charge in [-0.25, -0.2) is 0 Å². The zero-order valence-corrected chi connectivity index (χ0v) is 10.7. The number of carboxylic acids is 1. The molecule has 94 valence electrons. The van der Waals surface area contributed by atoms with Gasteiger partial charge < -0.3 is 5.11 Å². The Morgan fingerprint density at radius 2 is 2.18 bits per heavy atom. The van der Waals surface area contributed by atoms with Crippen LogP contribution in [0.25, 0.3) is 0 Å². The van der Waals surface area contributed by atoms with Crippen LogP contribution in [0, 0.1) is 0 Å². The van der Waals surface area contributed by atoms with Crippen LogP contribution in [0.2, 0.25) is 0 Å². The van der Waals surface area contributed by atoms with Crippen LogP contribution in [0.5, 0.6) is 0 Å². The Balaban J connectivity index is 2.63. The van der Waals surface area contributed by atoms with Crippen LogP contribution in [0.1, 0.15) is 26.5 Å². The first-order chi connectivity index (χ1) is 7.98. The Hall–Kier alpha value is -1.42. The van der Waals surface area contributed by atoms with Gasteiger partial charge in [0.2, 0.25) is 0 Å². The van der Waals surface area contributed by atoms with Crippen LogP contribution < -0.4 is 0 Å². The predicted molar refractivity (Wildman–Crippen MR) is 66.9 cm³/mol. The van der Waals surface area contributed by atoms with Gasteiger partial charge in [-0.15, -0.1) is 0 Å². The molecule has 17 heavy (non-hydrogen) atoms.